The van der Waals surface area contributed by atoms with Crippen molar-refractivity contribution in [1.29, 1.82) is 0 Å². The Morgan fingerprint density at radius 3 is 2.08 bits per heavy atom. The third-order valence-electron chi connectivity index (χ3n) is 3.40. The molecule has 1 heterocycles. The molecule has 0 fully saturated rings. The van der Waals surface area contributed by atoms with Crippen LogP contribution in [-0.2, 0) is 4.79 Å². The summed E-state index contributed by atoms with van der Waals surface area (Å²) in [6.07, 6.45) is 3.51. The summed E-state index contributed by atoms with van der Waals surface area (Å²) in [7, 11) is 0. The molecule has 0 unspecified atom stereocenters. The second-order valence-corrected chi connectivity index (χ2v) is 5.23. The number of carbonyl (C=O) groups excluding carboxylic acids is 3. The summed E-state index contributed by atoms with van der Waals surface area (Å²) < 4.78 is 0. The minimum Gasteiger partial charge on any atom is -0.354 e. The summed E-state index contributed by atoms with van der Waals surface area (Å²) in [5, 5.41) is 8.15. The zero-order valence-electron chi connectivity index (χ0n) is 13.9. The van der Waals surface area contributed by atoms with E-state index >= 15 is 0 Å². The summed E-state index contributed by atoms with van der Waals surface area (Å²) in [4.78, 5) is 39.0. The van der Waals surface area contributed by atoms with Gasteiger partial charge in [0.25, 0.3) is 11.8 Å². The molecule has 130 valence electrons. The average Bonchev–Trinajstić information content (AvgIpc) is 2.66. The number of carbonyl (C=O) groups is 3. The number of anilines is 1. The number of aromatic nitrogens is 1. The largest absolute Gasteiger partial charge is 0.354 e. The Morgan fingerprint density at radius 1 is 0.840 bits per heavy atom. The number of benzene rings is 1. The molecular formula is C18H20N4O3. The lowest BCUT2D eigenvalue weighted by atomic mass is 10.2. The number of amides is 3. The molecule has 0 aliphatic rings. The SMILES string of the molecule is CCC(=O)NCCNC(=O)c1ccc(NC(=O)c2ccncc2)cc1. The van der Waals surface area contributed by atoms with Gasteiger partial charge in [-0.25, -0.2) is 0 Å². The molecule has 0 saturated heterocycles. The highest BCUT2D eigenvalue weighted by molar-refractivity contribution is 6.04. The molecule has 7 heteroatoms. The van der Waals surface area contributed by atoms with Gasteiger partial charge in [0.2, 0.25) is 5.91 Å². The standard InChI is InChI=1S/C18H20N4O3/c1-2-16(23)20-11-12-21-17(24)13-3-5-15(6-4-13)22-18(25)14-7-9-19-10-8-14/h3-10H,2,11-12H2,1H3,(H,20,23)(H,21,24)(H,22,25). The number of nitrogens with one attached hydrogen (secondary N) is 3. The third kappa shape index (κ3) is 5.72. The normalized spacial score (nSPS) is 9.96. The van der Waals surface area contributed by atoms with Gasteiger partial charge in [0, 0.05) is 48.7 Å². The molecule has 0 spiro atoms. The Hall–Kier alpha value is -3.22. The third-order valence-corrected chi connectivity index (χ3v) is 3.40. The molecule has 1 aromatic carbocycles. The fourth-order valence-electron chi connectivity index (χ4n) is 2.02. The molecule has 0 bridgehead atoms. The van der Waals surface area contributed by atoms with Crippen LogP contribution in [0.4, 0.5) is 5.69 Å². The zero-order valence-corrected chi connectivity index (χ0v) is 13.9. The number of pyridine rings is 1. The molecule has 0 aliphatic heterocycles. The van der Waals surface area contributed by atoms with Gasteiger partial charge in [-0.3, -0.25) is 19.4 Å². The average molecular weight is 340 g/mol. The van der Waals surface area contributed by atoms with Crippen LogP contribution >= 0.6 is 0 Å². The first kappa shape index (κ1) is 18.1. The highest BCUT2D eigenvalue weighted by Gasteiger charge is 2.08. The Morgan fingerprint density at radius 2 is 1.44 bits per heavy atom. The van der Waals surface area contributed by atoms with E-state index in [9.17, 15) is 14.4 Å². The van der Waals surface area contributed by atoms with Crippen LogP contribution < -0.4 is 16.0 Å². The zero-order chi connectivity index (χ0) is 18.1. The Kier molecular flexibility index (Phi) is 6.65. The smallest absolute Gasteiger partial charge is 0.255 e. The first-order chi connectivity index (χ1) is 12.1. The van der Waals surface area contributed by atoms with Crippen molar-refractivity contribution in [1.82, 2.24) is 15.6 Å². The molecule has 25 heavy (non-hydrogen) atoms. The molecule has 0 aliphatic carbocycles. The van der Waals surface area contributed by atoms with Gasteiger partial charge in [0.05, 0.1) is 0 Å². The Balaban J connectivity index is 1.83. The van der Waals surface area contributed by atoms with Crippen LogP contribution in [0.15, 0.2) is 48.8 Å². The van der Waals surface area contributed by atoms with Crippen LogP contribution in [0.3, 0.4) is 0 Å². The highest BCUT2D eigenvalue weighted by Crippen LogP contribution is 2.11. The molecule has 3 amide bonds. The van der Waals surface area contributed by atoms with Crippen molar-refractivity contribution in [2.24, 2.45) is 0 Å². The van der Waals surface area contributed by atoms with E-state index in [0.717, 1.165) is 0 Å². The van der Waals surface area contributed by atoms with Gasteiger partial charge in [-0.1, -0.05) is 6.92 Å². The van der Waals surface area contributed by atoms with Crippen LogP contribution in [0.2, 0.25) is 0 Å². The van der Waals surface area contributed by atoms with Gasteiger partial charge in [0.15, 0.2) is 0 Å². The van der Waals surface area contributed by atoms with E-state index in [1.54, 1.807) is 55.7 Å². The number of nitrogens with zero attached hydrogens (tertiary/aromatic N) is 1. The van der Waals surface area contributed by atoms with Crippen molar-refractivity contribution in [2.45, 2.75) is 13.3 Å². The molecule has 0 atom stereocenters. The van der Waals surface area contributed by atoms with E-state index in [1.165, 1.54) is 0 Å². The maximum atomic E-state index is 12.0. The van der Waals surface area contributed by atoms with E-state index in [1.807, 2.05) is 0 Å². The van der Waals surface area contributed by atoms with Crippen molar-refractivity contribution >= 4 is 23.4 Å². The fourth-order valence-corrected chi connectivity index (χ4v) is 2.02. The minimum atomic E-state index is -0.244. The number of rotatable bonds is 7. The maximum Gasteiger partial charge on any atom is 0.255 e. The summed E-state index contributed by atoms with van der Waals surface area (Å²) >= 11 is 0. The van der Waals surface area contributed by atoms with Gasteiger partial charge in [-0.05, 0) is 36.4 Å². The Labute approximate surface area is 145 Å². The molecule has 0 radical (unpaired) electrons. The molecular weight excluding hydrogens is 320 g/mol. The summed E-state index contributed by atoms with van der Waals surface area (Å²) in [5.74, 6) is -0.535. The van der Waals surface area contributed by atoms with Crippen molar-refractivity contribution in [2.75, 3.05) is 18.4 Å². The molecule has 3 N–H and O–H groups in total. The molecule has 7 nitrogen and oxygen atoms in total. The Bertz CT molecular complexity index is 730. The van der Waals surface area contributed by atoms with Gasteiger partial charge in [-0.15, -0.1) is 0 Å². The van der Waals surface area contributed by atoms with Gasteiger partial charge in [-0.2, -0.15) is 0 Å². The van der Waals surface area contributed by atoms with Crippen LogP contribution in [0, 0.1) is 0 Å². The second-order valence-electron chi connectivity index (χ2n) is 5.23. The van der Waals surface area contributed by atoms with Crippen molar-refractivity contribution in [3.8, 4) is 0 Å². The van der Waals surface area contributed by atoms with Crippen LogP contribution in [0.5, 0.6) is 0 Å². The summed E-state index contributed by atoms with van der Waals surface area (Å²) in [6, 6.07) is 9.81. The second kappa shape index (κ2) is 9.17. The van der Waals surface area contributed by atoms with Crippen molar-refractivity contribution < 1.29 is 14.4 Å². The molecule has 2 rings (SSSR count). The summed E-state index contributed by atoms with van der Waals surface area (Å²) in [5.41, 5.74) is 1.57. The number of hydrogen-bond acceptors (Lipinski definition) is 4. The predicted octanol–water partition coefficient (Wildman–Crippen LogP) is 1.59. The van der Waals surface area contributed by atoms with E-state index in [0.29, 0.717) is 36.3 Å². The first-order valence-corrected chi connectivity index (χ1v) is 7.96. The quantitative estimate of drug-likeness (QED) is 0.666. The topological polar surface area (TPSA) is 100 Å². The van der Waals surface area contributed by atoms with Crippen molar-refractivity contribution in [3.63, 3.8) is 0 Å². The lowest BCUT2D eigenvalue weighted by Crippen LogP contribution is -2.34. The van der Waals surface area contributed by atoms with E-state index in [-0.39, 0.29) is 17.7 Å². The van der Waals surface area contributed by atoms with Crippen molar-refractivity contribution in [3.05, 3.63) is 59.9 Å². The lowest BCUT2D eigenvalue weighted by Gasteiger charge is -2.08. The lowest BCUT2D eigenvalue weighted by molar-refractivity contribution is -0.120. The predicted molar refractivity (Wildman–Crippen MR) is 94.3 cm³/mol. The monoisotopic (exact) mass is 340 g/mol. The first-order valence-electron chi connectivity index (χ1n) is 7.96. The van der Waals surface area contributed by atoms with Crippen LogP contribution in [0.25, 0.3) is 0 Å². The molecule has 0 saturated carbocycles. The maximum absolute atomic E-state index is 12.0. The minimum absolute atomic E-state index is 0.0523. The van der Waals surface area contributed by atoms with Gasteiger partial charge in [0.1, 0.15) is 0 Å². The molecule has 2 aromatic rings. The van der Waals surface area contributed by atoms with Gasteiger partial charge < -0.3 is 16.0 Å². The molecule has 1 aromatic heterocycles. The van der Waals surface area contributed by atoms with E-state index in [4.69, 9.17) is 0 Å². The summed E-state index contributed by atoms with van der Waals surface area (Å²) in [6.45, 7) is 2.51. The van der Waals surface area contributed by atoms with Crippen LogP contribution in [0.1, 0.15) is 34.1 Å². The fraction of sp³-hybridized carbons (Fsp3) is 0.222. The van der Waals surface area contributed by atoms with E-state index in [2.05, 4.69) is 20.9 Å². The number of hydrogen-bond donors (Lipinski definition) is 3. The van der Waals surface area contributed by atoms with Crippen LogP contribution in [-0.4, -0.2) is 35.8 Å². The van der Waals surface area contributed by atoms with Gasteiger partial charge >= 0.3 is 0 Å². The van der Waals surface area contributed by atoms with E-state index < -0.39 is 0 Å². The highest BCUT2D eigenvalue weighted by atomic mass is 16.2.